The van der Waals surface area contributed by atoms with E-state index >= 15 is 0 Å². The number of thioether (sulfide) groups is 1. The summed E-state index contributed by atoms with van der Waals surface area (Å²) < 4.78 is 12.2. The number of nitro groups is 1. The predicted octanol–water partition coefficient (Wildman–Crippen LogP) is 5.32. The largest absolute Gasteiger partial charge is 0.490 e. The number of hydrogen-bond donors (Lipinski definition) is 0. The van der Waals surface area contributed by atoms with Crippen molar-refractivity contribution in [3.05, 3.63) is 68.1 Å². The third-order valence-corrected chi connectivity index (χ3v) is 6.35. The van der Waals surface area contributed by atoms with Crippen molar-refractivity contribution >= 4 is 46.0 Å². The van der Waals surface area contributed by atoms with Crippen molar-refractivity contribution in [3.8, 4) is 11.5 Å². The van der Waals surface area contributed by atoms with E-state index in [1.165, 1.54) is 23.1 Å². The Morgan fingerprint density at radius 3 is 2.44 bits per heavy atom. The van der Waals surface area contributed by atoms with E-state index in [1.54, 1.807) is 13.1 Å². The van der Waals surface area contributed by atoms with Gasteiger partial charge in [0, 0.05) is 24.7 Å². The van der Waals surface area contributed by atoms with Crippen molar-refractivity contribution in [2.45, 2.75) is 26.7 Å². The van der Waals surface area contributed by atoms with Gasteiger partial charge in [-0.15, -0.1) is 0 Å². The smallest absolute Gasteiger partial charge is 0.270 e. The Labute approximate surface area is 196 Å². The zero-order valence-electron chi connectivity index (χ0n) is 18.3. The topological polar surface area (TPSA) is 81.9 Å². The Balaban J connectivity index is 1.76. The number of thiocarbonyl (C=S) groups is 1. The lowest BCUT2D eigenvalue weighted by atomic mass is 10.0. The molecule has 1 fully saturated rings. The minimum absolute atomic E-state index is 0.0897. The molecule has 1 aliphatic rings. The molecule has 0 atom stereocenters. The molecule has 1 saturated heterocycles. The number of non-ortho nitro benzene ring substituents is 1. The molecule has 1 heterocycles. The highest BCUT2D eigenvalue weighted by Gasteiger charge is 2.29. The Bertz CT molecular complexity index is 1100. The molecule has 1 aliphatic heterocycles. The quantitative estimate of drug-likeness (QED) is 0.169. The molecular formula is C23H24N2O5S2. The van der Waals surface area contributed by atoms with Gasteiger partial charge in [0.2, 0.25) is 0 Å². The fourth-order valence-corrected chi connectivity index (χ4v) is 4.30. The van der Waals surface area contributed by atoms with Crippen LogP contribution in [0.5, 0.6) is 11.5 Å². The minimum Gasteiger partial charge on any atom is -0.490 e. The SMILES string of the molecule is Cc1ccc(C(C)C)c(OCCOc2ccc([N+](=O)[O-])cc2/C=C2\SC(=S)N(C)C2=O)c1. The number of amides is 1. The molecule has 2 aromatic rings. The van der Waals surface area contributed by atoms with Crippen LogP contribution in [-0.4, -0.2) is 40.3 Å². The van der Waals surface area contributed by atoms with Crippen LogP contribution >= 0.6 is 24.0 Å². The van der Waals surface area contributed by atoms with Crippen LogP contribution < -0.4 is 9.47 Å². The average molecular weight is 473 g/mol. The highest BCUT2D eigenvalue weighted by molar-refractivity contribution is 8.26. The van der Waals surface area contributed by atoms with Gasteiger partial charge in [-0.25, -0.2) is 0 Å². The lowest BCUT2D eigenvalue weighted by Gasteiger charge is -2.15. The molecule has 0 aliphatic carbocycles. The number of likely N-dealkylation sites (N-methyl/N-ethyl adjacent to an activating group) is 1. The first-order valence-electron chi connectivity index (χ1n) is 10.0. The van der Waals surface area contributed by atoms with E-state index in [0.29, 0.717) is 33.1 Å². The Morgan fingerprint density at radius 2 is 1.84 bits per heavy atom. The highest BCUT2D eigenvalue weighted by atomic mass is 32.2. The number of benzene rings is 2. The van der Waals surface area contributed by atoms with E-state index in [9.17, 15) is 14.9 Å². The van der Waals surface area contributed by atoms with Crippen molar-refractivity contribution in [1.29, 1.82) is 0 Å². The number of rotatable bonds is 8. The van der Waals surface area contributed by atoms with E-state index in [4.69, 9.17) is 21.7 Å². The molecule has 168 valence electrons. The van der Waals surface area contributed by atoms with Crippen LogP contribution in [-0.2, 0) is 4.79 Å². The molecule has 2 aromatic carbocycles. The van der Waals surface area contributed by atoms with Crippen LogP contribution in [0.1, 0.15) is 36.5 Å². The Morgan fingerprint density at radius 1 is 1.16 bits per heavy atom. The summed E-state index contributed by atoms with van der Waals surface area (Å²) in [6.07, 6.45) is 1.57. The molecular weight excluding hydrogens is 448 g/mol. The lowest BCUT2D eigenvalue weighted by Crippen LogP contribution is -2.22. The molecule has 3 rings (SSSR count). The number of nitro benzene ring substituents is 1. The fraction of sp³-hybridized carbons (Fsp3) is 0.304. The zero-order valence-corrected chi connectivity index (χ0v) is 19.9. The highest BCUT2D eigenvalue weighted by Crippen LogP contribution is 2.34. The fourth-order valence-electron chi connectivity index (χ4n) is 3.13. The molecule has 0 unspecified atom stereocenters. The van der Waals surface area contributed by atoms with Crippen molar-refractivity contribution in [2.24, 2.45) is 0 Å². The summed E-state index contributed by atoms with van der Waals surface area (Å²) in [5.74, 6) is 1.32. The maximum Gasteiger partial charge on any atom is 0.270 e. The van der Waals surface area contributed by atoms with Crippen molar-refractivity contribution in [1.82, 2.24) is 4.90 Å². The van der Waals surface area contributed by atoms with Crippen LogP contribution in [0.25, 0.3) is 6.08 Å². The van der Waals surface area contributed by atoms with Gasteiger partial charge in [0.15, 0.2) is 0 Å². The second-order valence-corrected chi connectivity index (χ2v) is 9.29. The van der Waals surface area contributed by atoms with Gasteiger partial charge in [-0.1, -0.05) is 50.0 Å². The second kappa shape index (κ2) is 10.1. The monoisotopic (exact) mass is 472 g/mol. The average Bonchev–Trinajstić information content (AvgIpc) is 2.98. The van der Waals surface area contributed by atoms with Gasteiger partial charge >= 0.3 is 0 Å². The number of nitrogens with zero attached hydrogens (tertiary/aromatic N) is 2. The zero-order chi connectivity index (χ0) is 23.4. The van der Waals surface area contributed by atoms with Gasteiger partial charge in [0.25, 0.3) is 11.6 Å². The summed E-state index contributed by atoms with van der Waals surface area (Å²) in [7, 11) is 1.59. The number of carbonyl (C=O) groups is 1. The molecule has 0 radical (unpaired) electrons. The van der Waals surface area contributed by atoms with Crippen LogP contribution in [0, 0.1) is 17.0 Å². The molecule has 0 bridgehead atoms. The standard InChI is InChI=1S/C23H24N2O5S2/c1-14(2)18-7-5-15(3)11-20(18)30-10-9-29-19-8-6-17(25(27)28)12-16(19)13-21-22(26)24(4)23(31)32-21/h5-8,11-14H,9-10H2,1-4H3/b21-13-. The first kappa shape index (κ1) is 23.7. The van der Waals surface area contributed by atoms with E-state index in [-0.39, 0.29) is 18.2 Å². The van der Waals surface area contributed by atoms with Crippen LogP contribution in [0.3, 0.4) is 0 Å². The molecule has 0 saturated carbocycles. The van der Waals surface area contributed by atoms with Gasteiger partial charge < -0.3 is 9.47 Å². The summed E-state index contributed by atoms with van der Waals surface area (Å²) in [6, 6.07) is 10.4. The van der Waals surface area contributed by atoms with E-state index in [2.05, 4.69) is 26.0 Å². The molecule has 32 heavy (non-hydrogen) atoms. The Kier molecular flexibility index (Phi) is 7.52. The third kappa shape index (κ3) is 5.46. The summed E-state index contributed by atoms with van der Waals surface area (Å²) >= 11 is 6.30. The van der Waals surface area contributed by atoms with Gasteiger partial charge in [0.05, 0.1) is 9.83 Å². The van der Waals surface area contributed by atoms with E-state index in [1.807, 2.05) is 13.0 Å². The predicted molar refractivity (Wildman–Crippen MR) is 130 cm³/mol. The van der Waals surface area contributed by atoms with Crippen LogP contribution in [0.15, 0.2) is 41.3 Å². The number of carbonyl (C=O) groups excluding carboxylic acids is 1. The minimum atomic E-state index is -0.486. The number of ether oxygens (including phenoxy) is 2. The summed E-state index contributed by atoms with van der Waals surface area (Å²) in [5.41, 5.74) is 2.57. The number of hydrogen-bond acceptors (Lipinski definition) is 7. The van der Waals surface area contributed by atoms with Crippen molar-refractivity contribution in [3.63, 3.8) is 0 Å². The second-order valence-electron chi connectivity index (χ2n) is 7.61. The Hall–Kier alpha value is -2.91. The van der Waals surface area contributed by atoms with E-state index < -0.39 is 4.92 Å². The first-order chi connectivity index (χ1) is 15.2. The van der Waals surface area contributed by atoms with E-state index in [0.717, 1.165) is 28.6 Å². The van der Waals surface area contributed by atoms with Gasteiger partial charge in [-0.05, 0) is 42.2 Å². The van der Waals surface area contributed by atoms with Crippen molar-refractivity contribution in [2.75, 3.05) is 20.3 Å². The maximum atomic E-state index is 12.3. The van der Waals surface area contributed by atoms with Crippen LogP contribution in [0.4, 0.5) is 5.69 Å². The third-order valence-electron chi connectivity index (χ3n) is 4.87. The maximum absolute atomic E-state index is 12.3. The normalized spacial score (nSPS) is 15.0. The first-order valence-corrected chi connectivity index (χ1v) is 11.3. The summed E-state index contributed by atoms with van der Waals surface area (Å²) in [4.78, 5) is 24.8. The number of aryl methyl sites for hydroxylation is 1. The van der Waals surface area contributed by atoms with Gasteiger partial charge in [0.1, 0.15) is 29.0 Å². The summed E-state index contributed by atoms with van der Waals surface area (Å²) in [6.45, 7) is 6.76. The molecule has 0 aromatic heterocycles. The molecule has 9 heteroatoms. The molecule has 0 N–H and O–H groups in total. The van der Waals surface area contributed by atoms with Gasteiger partial charge in [-0.3, -0.25) is 19.8 Å². The molecule has 0 spiro atoms. The van der Waals surface area contributed by atoms with Crippen LogP contribution in [0.2, 0.25) is 0 Å². The molecule has 1 amide bonds. The van der Waals surface area contributed by atoms with Crippen molar-refractivity contribution < 1.29 is 19.2 Å². The lowest BCUT2D eigenvalue weighted by molar-refractivity contribution is -0.384. The molecule has 7 nitrogen and oxygen atoms in total. The van der Waals surface area contributed by atoms with Gasteiger partial charge in [-0.2, -0.15) is 0 Å². The summed E-state index contributed by atoms with van der Waals surface area (Å²) in [5, 5.41) is 11.2.